The van der Waals surface area contributed by atoms with Gasteiger partial charge in [0.25, 0.3) is 0 Å². The van der Waals surface area contributed by atoms with Gasteiger partial charge in [0.1, 0.15) is 6.34 Å². The molecular formula is C18H13N5O2S. The molecule has 0 spiro atoms. The fourth-order valence-electron chi connectivity index (χ4n) is 2.52. The van der Waals surface area contributed by atoms with Gasteiger partial charge in [-0.05, 0) is 35.1 Å². The highest BCUT2D eigenvalue weighted by Crippen LogP contribution is 2.15. The van der Waals surface area contributed by atoms with Crippen LogP contribution in [0.4, 0.5) is 0 Å². The first-order valence-electron chi connectivity index (χ1n) is 7.77. The molecule has 128 valence electrons. The average Bonchev–Trinajstić information content (AvgIpc) is 2.98. The summed E-state index contributed by atoms with van der Waals surface area (Å²) < 4.78 is 0. The Morgan fingerprint density at radius 3 is 3.00 bits per heavy atom. The summed E-state index contributed by atoms with van der Waals surface area (Å²) in [6, 6.07) is 9.43. The van der Waals surface area contributed by atoms with Gasteiger partial charge < -0.3 is 5.11 Å². The third-order valence-corrected chi connectivity index (χ3v) is 4.55. The number of aliphatic imine (C=N–C) groups is 2. The standard InChI is InChI=1S/C18H13N5O2S/c24-17-15(26-18(25)23-17)7-11-3-4-14-13(6-11)16(22-10-21-14)20-9-12-2-1-5-19-8-12/h1-8,10,24H,9H2,(H,23,25)/b11-7+,20-16?. The Morgan fingerprint density at radius 1 is 1.31 bits per heavy atom. The number of H-pyrrole nitrogens is 1. The van der Waals surface area contributed by atoms with Crippen LogP contribution in [-0.2, 0) is 6.54 Å². The Kier molecular flexibility index (Phi) is 4.24. The summed E-state index contributed by atoms with van der Waals surface area (Å²) in [5.74, 6) is 0.450. The zero-order chi connectivity index (χ0) is 17.9. The smallest absolute Gasteiger partial charge is 0.307 e. The molecular weight excluding hydrogens is 350 g/mol. The fraction of sp³-hybridized carbons (Fsp3) is 0.0556. The lowest BCUT2D eigenvalue weighted by Gasteiger charge is -2.06. The number of rotatable bonds is 3. The van der Waals surface area contributed by atoms with Crippen LogP contribution in [0.1, 0.15) is 16.0 Å². The van der Waals surface area contributed by atoms with Crippen LogP contribution in [0.5, 0.6) is 5.88 Å². The van der Waals surface area contributed by atoms with Gasteiger partial charge in [0.05, 0.1) is 16.8 Å². The lowest BCUT2D eigenvalue weighted by atomic mass is 10.1. The molecule has 0 saturated heterocycles. The summed E-state index contributed by atoms with van der Waals surface area (Å²) in [6.45, 7) is 0.466. The molecule has 0 bridgehead atoms. The molecule has 4 rings (SSSR count). The summed E-state index contributed by atoms with van der Waals surface area (Å²) in [5, 5.41) is 11.3. The second-order valence-corrected chi connectivity index (χ2v) is 6.54. The quantitative estimate of drug-likeness (QED) is 0.725. The van der Waals surface area contributed by atoms with Crippen molar-refractivity contribution in [3.05, 3.63) is 79.0 Å². The minimum atomic E-state index is -0.301. The SMILES string of the molecule is O=c1[nH]c(O)c(/C=c2\ccc3c(c2)C(=NCc2cccnc2)N=CN=3)s1. The maximum atomic E-state index is 11.3. The van der Waals surface area contributed by atoms with Crippen LogP contribution in [0.15, 0.2) is 62.5 Å². The van der Waals surface area contributed by atoms with E-state index < -0.39 is 0 Å². The first-order valence-corrected chi connectivity index (χ1v) is 8.59. The van der Waals surface area contributed by atoms with E-state index in [4.69, 9.17) is 0 Å². The first kappa shape index (κ1) is 16.1. The highest BCUT2D eigenvalue weighted by molar-refractivity contribution is 7.10. The van der Waals surface area contributed by atoms with Crippen molar-refractivity contribution in [2.24, 2.45) is 15.0 Å². The molecule has 0 fully saturated rings. The lowest BCUT2D eigenvalue weighted by molar-refractivity contribution is 0.455. The van der Waals surface area contributed by atoms with E-state index in [1.807, 2.05) is 30.3 Å². The number of nitrogens with zero attached hydrogens (tertiary/aromatic N) is 4. The molecule has 0 radical (unpaired) electrons. The maximum absolute atomic E-state index is 11.3. The van der Waals surface area contributed by atoms with Crippen molar-refractivity contribution in [3.63, 3.8) is 0 Å². The highest BCUT2D eigenvalue weighted by atomic mass is 32.1. The minimum absolute atomic E-state index is 0.133. The van der Waals surface area contributed by atoms with Crippen molar-refractivity contribution >= 4 is 29.6 Å². The van der Waals surface area contributed by atoms with Crippen LogP contribution in [0.2, 0.25) is 0 Å². The predicted octanol–water partition coefficient (Wildman–Crippen LogP) is 0.974. The van der Waals surface area contributed by atoms with E-state index in [-0.39, 0.29) is 10.8 Å². The molecule has 0 unspecified atom stereocenters. The van der Waals surface area contributed by atoms with E-state index in [0.717, 1.165) is 33.0 Å². The van der Waals surface area contributed by atoms with Crippen LogP contribution in [0.3, 0.4) is 0 Å². The lowest BCUT2D eigenvalue weighted by Crippen LogP contribution is -2.22. The third kappa shape index (κ3) is 3.35. The van der Waals surface area contributed by atoms with Crippen molar-refractivity contribution in [1.29, 1.82) is 0 Å². The van der Waals surface area contributed by atoms with Gasteiger partial charge in [-0.1, -0.05) is 23.5 Å². The Hall–Kier alpha value is -3.39. The molecule has 1 aliphatic rings. The van der Waals surface area contributed by atoms with Crippen LogP contribution in [0.25, 0.3) is 6.08 Å². The van der Waals surface area contributed by atoms with Gasteiger partial charge in [0.15, 0.2) is 5.84 Å². The topological polar surface area (TPSA) is 103 Å². The number of amidine groups is 1. The zero-order valence-electron chi connectivity index (χ0n) is 13.5. The third-order valence-electron chi connectivity index (χ3n) is 3.73. The van der Waals surface area contributed by atoms with E-state index in [2.05, 4.69) is 24.9 Å². The molecule has 26 heavy (non-hydrogen) atoms. The Morgan fingerprint density at radius 2 is 2.23 bits per heavy atom. The van der Waals surface area contributed by atoms with Crippen molar-refractivity contribution in [2.45, 2.75) is 6.54 Å². The molecule has 0 aliphatic carbocycles. The summed E-state index contributed by atoms with van der Waals surface area (Å²) >= 11 is 0.948. The largest absolute Gasteiger partial charge is 0.493 e. The molecule has 0 amide bonds. The molecule has 2 N–H and O–H groups in total. The first-order chi connectivity index (χ1) is 12.7. The zero-order valence-corrected chi connectivity index (χ0v) is 14.3. The molecule has 0 atom stereocenters. The second-order valence-electron chi connectivity index (χ2n) is 5.52. The van der Waals surface area contributed by atoms with Crippen molar-refractivity contribution < 1.29 is 5.11 Å². The normalized spacial score (nSPS) is 15.1. The van der Waals surface area contributed by atoms with Crippen molar-refractivity contribution in [1.82, 2.24) is 9.97 Å². The van der Waals surface area contributed by atoms with E-state index >= 15 is 0 Å². The number of aromatic amines is 1. The van der Waals surface area contributed by atoms with Gasteiger partial charge in [-0.2, -0.15) is 0 Å². The van der Waals surface area contributed by atoms with Gasteiger partial charge in [-0.25, -0.2) is 9.98 Å². The van der Waals surface area contributed by atoms with Gasteiger partial charge in [0.2, 0.25) is 5.88 Å². The number of nitrogens with one attached hydrogen (secondary N) is 1. The summed E-state index contributed by atoms with van der Waals surface area (Å²) in [4.78, 5) is 31.0. The Bertz CT molecular complexity index is 1190. The van der Waals surface area contributed by atoms with E-state index in [9.17, 15) is 9.90 Å². The predicted molar refractivity (Wildman–Crippen MR) is 100 cm³/mol. The number of aromatic nitrogens is 2. The fourth-order valence-corrected chi connectivity index (χ4v) is 3.21. The van der Waals surface area contributed by atoms with Gasteiger partial charge >= 0.3 is 4.87 Å². The average molecular weight is 363 g/mol. The second kappa shape index (κ2) is 6.85. The Labute approximate surface area is 151 Å². The summed E-state index contributed by atoms with van der Waals surface area (Å²) in [6.07, 6.45) is 6.70. The highest BCUT2D eigenvalue weighted by Gasteiger charge is 2.09. The Balaban J connectivity index is 1.74. The van der Waals surface area contributed by atoms with Crippen LogP contribution in [0, 0.1) is 0 Å². The number of aromatic hydroxyl groups is 1. The molecule has 3 heterocycles. The van der Waals surface area contributed by atoms with E-state index in [1.165, 1.54) is 6.34 Å². The number of hydrogen-bond donors (Lipinski definition) is 2. The van der Waals surface area contributed by atoms with E-state index in [0.29, 0.717) is 17.3 Å². The monoisotopic (exact) mass is 363 g/mol. The summed E-state index contributed by atoms with van der Waals surface area (Å²) in [5.41, 5.74) is 1.79. The van der Waals surface area contributed by atoms with Crippen LogP contribution < -0.4 is 15.4 Å². The molecule has 2 aromatic heterocycles. The minimum Gasteiger partial charge on any atom is -0.493 e. The number of hydrogen-bond acceptors (Lipinski definition) is 6. The van der Waals surface area contributed by atoms with Crippen molar-refractivity contribution in [2.75, 3.05) is 0 Å². The number of pyridine rings is 1. The number of fused-ring (bicyclic) bond motifs is 1. The molecule has 1 aliphatic heterocycles. The number of thiazole rings is 1. The number of benzene rings is 1. The van der Waals surface area contributed by atoms with Gasteiger partial charge in [-0.3, -0.25) is 19.8 Å². The molecule has 3 aromatic rings. The van der Waals surface area contributed by atoms with Crippen molar-refractivity contribution in [3.8, 4) is 5.88 Å². The molecule has 8 heteroatoms. The maximum Gasteiger partial charge on any atom is 0.307 e. The van der Waals surface area contributed by atoms with Crippen LogP contribution in [-0.4, -0.2) is 27.2 Å². The molecule has 7 nitrogen and oxygen atoms in total. The van der Waals surface area contributed by atoms with Gasteiger partial charge in [0, 0.05) is 18.0 Å². The molecule has 0 saturated carbocycles. The summed E-state index contributed by atoms with van der Waals surface area (Å²) in [7, 11) is 0. The van der Waals surface area contributed by atoms with Crippen LogP contribution >= 0.6 is 11.3 Å². The van der Waals surface area contributed by atoms with Gasteiger partial charge in [-0.15, -0.1) is 0 Å². The molecule has 1 aromatic carbocycles. The van der Waals surface area contributed by atoms with E-state index in [1.54, 1.807) is 18.5 Å².